The predicted molar refractivity (Wildman–Crippen MR) is 85.4 cm³/mol. The number of rotatable bonds is 4. The quantitative estimate of drug-likeness (QED) is 0.749. The van der Waals surface area contributed by atoms with E-state index < -0.39 is 9.84 Å². The monoisotopic (exact) mass is 374 g/mol. The summed E-state index contributed by atoms with van der Waals surface area (Å²) in [7, 11) is 0.524. The minimum absolute atomic E-state index is 0.0528. The number of hydrogen-bond donors (Lipinski definition) is 0. The molecule has 1 aromatic rings. The number of hydrogen-bond acceptors (Lipinski definition) is 4. The van der Waals surface area contributed by atoms with Crippen molar-refractivity contribution in [2.75, 3.05) is 25.6 Å². The van der Waals surface area contributed by atoms with E-state index in [-0.39, 0.29) is 29.9 Å². The first-order chi connectivity index (χ1) is 9.78. The third kappa shape index (κ3) is 4.28. The van der Waals surface area contributed by atoms with Gasteiger partial charge in [0.05, 0.1) is 24.0 Å². The van der Waals surface area contributed by atoms with Crippen molar-refractivity contribution in [1.82, 2.24) is 10.0 Å². The molecule has 1 aliphatic rings. The summed E-state index contributed by atoms with van der Waals surface area (Å²) in [6, 6.07) is 7.31. The van der Waals surface area contributed by atoms with E-state index >= 15 is 0 Å². The smallest absolute Gasteiger partial charge is 0.241 e. The molecule has 1 saturated heterocycles. The van der Waals surface area contributed by atoms with Crippen LogP contribution in [0, 0.1) is 0 Å². The molecule has 5 nitrogen and oxygen atoms in total. The van der Waals surface area contributed by atoms with Crippen LogP contribution in [0.4, 0.5) is 0 Å². The summed E-state index contributed by atoms with van der Waals surface area (Å²) in [5, 5.41) is 3.26. The number of amides is 1. The Kier molecular flexibility index (Phi) is 5.06. The fourth-order valence-electron chi connectivity index (χ4n) is 2.58. The number of halogens is 1. The fraction of sp³-hybridized carbons (Fsp3) is 0.500. The van der Waals surface area contributed by atoms with E-state index in [0.29, 0.717) is 6.42 Å². The number of nitrogens with zero attached hydrogens (tertiary/aromatic N) is 2. The highest BCUT2D eigenvalue weighted by atomic mass is 79.9. The van der Waals surface area contributed by atoms with Crippen molar-refractivity contribution >= 4 is 31.7 Å². The number of carbonyl (C=O) groups excluding carboxylic acids is 1. The van der Waals surface area contributed by atoms with Crippen LogP contribution in [0.3, 0.4) is 0 Å². The van der Waals surface area contributed by atoms with E-state index in [9.17, 15) is 13.2 Å². The van der Waals surface area contributed by atoms with Crippen molar-refractivity contribution in [2.45, 2.75) is 18.9 Å². The lowest BCUT2D eigenvalue weighted by molar-refractivity contribution is -0.148. The first kappa shape index (κ1) is 16.5. The molecule has 1 aromatic carbocycles. The van der Waals surface area contributed by atoms with Crippen LogP contribution >= 0.6 is 15.9 Å². The molecule has 1 atom stereocenters. The molecule has 1 unspecified atom stereocenters. The first-order valence-corrected chi connectivity index (χ1v) is 9.34. The highest BCUT2D eigenvalue weighted by molar-refractivity contribution is 9.10. The average molecular weight is 375 g/mol. The van der Waals surface area contributed by atoms with Gasteiger partial charge in [0.25, 0.3) is 0 Å². The molecular formula is C14H19BrN2O3S. The maximum Gasteiger partial charge on any atom is 0.241 e. The summed E-state index contributed by atoms with van der Waals surface area (Å²) >= 11 is 3.36. The van der Waals surface area contributed by atoms with Gasteiger partial charge in [-0.15, -0.1) is 0 Å². The van der Waals surface area contributed by atoms with Crippen LogP contribution < -0.4 is 0 Å². The topological polar surface area (TPSA) is 57.7 Å². The lowest BCUT2D eigenvalue weighted by atomic mass is 10.1. The number of carbonyl (C=O) groups is 1. The molecule has 0 aliphatic carbocycles. The highest BCUT2D eigenvalue weighted by Gasteiger charge is 2.35. The van der Waals surface area contributed by atoms with Gasteiger partial charge < -0.3 is 0 Å². The summed E-state index contributed by atoms with van der Waals surface area (Å²) in [6.07, 6.45) is 0.772. The van der Waals surface area contributed by atoms with E-state index in [4.69, 9.17) is 0 Å². The van der Waals surface area contributed by atoms with Crippen molar-refractivity contribution in [2.24, 2.45) is 0 Å². The zero-order valence-electron chi connectivity index (χ0n) is 12.1. The third-order valence-electron chi connectivity index (χ3n) is 3.51. The van der Waals surface area contributed by atoms with Gasteiger partial charge in [-0.05, 0) is 24.1 Å². The van der Waals surface area contributed by atoms with Crippen LogP contribution in [0.15, 0.2) is 28.7 Å². The van der Waals surface area contributed by atoms with Crippen LogP contribution in [0.2, 0.25) is 0 Å². The Bertz CT molecular complexity index is 614. The minimum Gasteiger partial charge on any atom is -0.273 e. The van der Waals surface area contributed by atoms with Crippen molar-refractivity contribution in [3.05, 3.63) is 34.3 Å². The molecule has 1 amide bonds. The molecule has 116 valence electrons. The highest BCUT2D eigenvalue weighted by Crippen LogP contribution is 2.20. The number of sulfone groups is 1. The number of hydrazine groups is 1. The second kappa shape index (κ2) is 6.46. The van der Waals surface area contributed by atoms with Crippen molar-refractivity contribution in [3.8, 4) is 0 Å². The molecule has 1 aliphatic heterocycles. The maximum absolute atomic E-state index is 12.5. The Labute approximate surface area is 133 Å². The van der Waals surface area contributed by atoms with Gasteiger partial charge in [0.2, 0.25) is 5.91 Å². The molecule has 0 N–H and O–H groups in total. The molecule has 0 bridgehead atoms. The van der Waals surface area contributed by atoms with Gasteiger partial charge in [-0.3, -0.25) is 9.80 Å². The largest absolute Gasteiger partial charge is 0.273 e. The van der Waals surface area contributed by atoms with Gasteiger partial charge in [0, 0.05) is 18.6 Å². The van der Waals surface area contributed by atoms with Gasteiger partial charge in [0.15, 0.2) is 9.84 Å². The summed E-state index contributed by atoms with van der Waals surface area (Å²) in [5.41, 5.74) is 0.913. The Morgan fingerprint density at radius 1 is 1.29 bits per heavy atom. The normalized spacial score (nSPS) is 20.7. The molecule has 1 fully saturated rings. The summed E-state index contributed by atoms with van der Waals surface area (Å²) in [4.78, 5) is 12.5. The van der Waals surface area contributed by atoms with Crippen molar-refractivity contribution in [1.29, 1.82) is 0 Å². The molecule has 2 rings (SSSR count). The Balaban J connectivity index is 2.11. The lowest BCUT2D eigenvalue weighted by Gasteiger charge is -2.33. The molecule has 0 radical (unpaired) electrons. The van der Waals surface area contributed by atoms with Gasteiger partial charge >= 0.3 is 0 Å². The van der Waals surface area contributed by atoms with Gasteiger partial charge in [-0.2, -0.15) is 0 Å². The lowest BCUT2D eigenvalue weighted by Crippen LogP contribution is -2.49. The molecule has 21 heavy (non-hydrogen) atoms. The van der Waals surface area contributed by atoms with E-state index in [0.717, 1.165) is 10.0 Å². The molecule has 0 aromatic heterocycles. The van der Waals surface area contributed by atoms with E-state index in [1.54, 1.807) is 24.1 Å². The molecule has 0 saturated carbocycles. The second-order valence-electron chi connectivity index (χ2n) is 5.45. The van der Waals surface area contributed by atoms with Crippen molar-refractivity contribution in [3.63, 3.8) is 0 Å². The molecule has 7 heteroatoms. The van der Waals surface area contributed by atoms with Crippen LogP contribution in [0.25, 0.3) is 0 Å². The zero-order chi connectivity index (χ0) is 15.6. The summed E-state index contributed by atoms with van der Waals surface area (Å²) in [5.74, 6) is 0.134. The summed E-state index contributed by atoms with van der Waals surface area (Å²) < 4.78 is 24.2. The van der Waals surface area contributed by atoms with E-state index in [1.165, 1.54) is 0 Å². The van der Waals surface area contributed by atoms with Gasteiger partial charge in [-0.25, -0.2) is 13.4 Å². The van der Waals surface area contributed by atoms with Crippen LogP contribution in [0.5, 0.6) is 0 Å². The van der Waals surface area contributed by atoms with Crippen LogP contribution in [-0.4, -0.2) is 56.0 Å². The number of benzene rings is 1. The van der Waals surface area contributed by atoms with Gasteiger partial charge in [-0.1, -0.05) is 28.1 Å². The average Bonchev–Trinajstić information content (AvgIpc) is 2.72. The van der Waals surface area contributed by atoms with E-state index in [1.807, 2.05) is 24.3 Å². The third-order valence-corrected chi connectivity index (χ3v) is 5.79. The minimum atomic E-state index is -3.01. The van der Waals surface area contributed by atoms with E-state index in [2.05, 4.69) is 15.9 Å². The Morgan fingerprint density at radius 2 is 1.90 bits per heavy atom. The summed E-state index contributed by atoms with van der Waals surface area (Å²) in [6.45, 7) is 0. The van der Waals surface area contributed by atoms with Crippen molar-refractivity contribution < 1.29 is 13.2 Å². The van der Waals surface area contributed by atoms with Gasteiger partial charge in [0.1, 0.15) is 0 Å². The fourth-order valence-corrected chi connectivity index (χ4v) is 4.54. The molecular weight excluding hydrogens is 356 g/mol. The van der Waals surface area contributed by atoms with Crippen LogP contribution in [-0.2, 0) is 21.1 Å². The Morgan fingerprint density at radius 3 is 2.38 bits per heavy atom. The zero-order valence-corrected chi connectivity index (χ0v) is 14.5. The maximum atomic E-state index is 12.5. The standard InChI is InChI=1S/C14H19BrN2O3S/c1-16(2)17(13-7-8-21(19,20)10-13)14(18)9-11-3-5-12(15)6-4-11/h3-6,13H,7-10H2,1-2H3. The Hall–Kier alpha value is -0.920. The first-order valence-electron chi connectivity index (χ1n) is 6.72. The predicted octanol–water partition coefficient (Wildman–Crippen LogP) is 1.48. The molecule has 1 heterocycles. The van der Waals surface area contributed by atoms with Crippen LogP contribution in [0.1, 0.15) is 12.0 Å². The SMILES string of the molecule is CN(C)N(C(=O)Cc1ccc(Br)cc1)C1CCS(=O)(=O)C1. The molecule has 0 spiro atoms. The second-order valence-corrected chi connectivity index (χ2v) is 8.59.